The fourth-order valence-electron chi connectivity index (χ4n) is 2.15. The normalized spacial score (nSPS) is 20.1. The van der Waals surface area contributed by atoms with Gasteiger partial charge in [-0.25, -0.2) is 0 Å². The van der Waals surface area contributed by atoms with Crippen LogP contribution in [0.3, 0.4) is 0 Å². The van der Waals surface area contributed by atoms with Crippen LogP contribution in [0.4, 0.5) is 0 Å². The molecule has 1 amide bonds. The average molecular weight is 271 g/mol. The second-order valence-electron chi connectivity index (χ2n) is 5.22. The molecule has 0 unspecified atom stereocenters. The van der Waals surface area contributed by atoms with Crippen LogP contribution in [0.5, 0.6) is 0 Å². The Balaban J connectivity index is 2.36. The summed E-state index contributed by atoms with van der Waals surface area (Å²) in [6.07, 6.45) is 1.05. The largest absolute Gasteiger partial charge is 0.481 e. The molecule has 0 aromatic carbocycles. The number of aliphatic carboxylic acids is 1. The summed E-state index contributed by atoms with van der Waals surface area (Å²) in [6.45, 7) is 7.31. The first-order valence-electron chi connectivity index (χ1n) is 6.94. The first-order valence-corrected chi connectivity index (χ1v) is 6.94. The number of hydrogen-bond acceptors (Lipinski definition) is 4. The van der Waals surface area contributed by atoms with Crippen molar-refractivity contribution in [3.8, 4) is 0 Å². The molecule has 0 radical (unpaired) electrons. The number of amides is 1. The van der Waals surface area contributed by atoms with E-state index in [1.165, 1.54) is 0 Å². The van der Waals surface area contributed by atoms with E-state index in [4.69, 9.17) is 10.8 Å². The van der Waals surface area contributed by atoms with Crippen molar-refractivity contribution in [3.05, 3.63) is 0 Å². The third-order valence-corrected chi connectivity index (χ3v) is 3.87. The van der Waals surface area contributed by atoms with Crippen LogP contribution in [0.2, 0.25) is 0 Å². The maximum absolute atomic E-state index is 12.2. The minimum atomic E-state index is -0.780. The van der Waals surface area contributed by atoms with Crippen molar-refractivity contribution in [2.75, 3.05) is 32.7 Å². The van der Waals surface area contributed by atoms with Crippen molar-refractivity contribution in [3.63, 3.8) is 0 Å². The fraction of sp³-hybridized carbons (Fsp3) is 0.846. The number of carboxylic acids is 1. The highest BCUT2D eigenvalue weighted by Crippen LogP contribution is 2.11. The standard InChI is InChI=1S/C13H25N3O3/c1-3-10(2)12(14)13(19)16-8-6-15(7-9-16)5-4-11(17)18/h10,12H,3-9,14H2,1-2H3,(H,17,18)/t10-,12-/m0/s1. The number of rotatable bonds is 6. The molecule has 1 fully saturated rings. The van der Waals surface area contributed by atoms with Crippen molar-refractivity contribution < 1.29 is 14.7 Å². The van der Waals surface area contributed by atoms with Gasteiger partial charge in [-0.05, 0) is 5.92 Å². The molecule has 6 heteroatoms. The summed E-state index contributed by atoms with van der Waals surface area (Å²) in [4.78, 5) is 26.5. The maximum Gasteiger partial charge on any atom is 0.304 e. The van der Waals surface area contributed by atoms with Gasteiger partial charge in [0.05, 0.1) is 12.5 Å². The van der Waals surface area contributed by atoms with Crippen LogP contribution >= 0.6 is 0 Å². The molecule has 0 aromatic rings. The third kappa shape index (κ3) is 4.80. The van der Waals surface area contributed by atoms with E-state index in [0.29, 0.717) is 19.6 Å². The van der Waals surface area contributed by atoms with Gasteiger partial charge in [-0.3, -0.25) is 14.5 Å². The molecule has 1 saturated heterocycles. The number of carbonyl (C=O) groups is 2. The molecule has 19 heavy (non-hydrogen) atoms. The van der Waals surface area contributed by atoms with E-state index in [0.717, 1.165) is 19.5 Å². The number of nitrogens with two attached hydrogens (primary N) is 1. The Morgan fingerprint density at radius 2 is 1.84 bits per heavy atom. The molecule has 1 aliphatic rings. The van der Waals surface area contributed by atoms with Gasteiger partial charge in [0.25, 0.3) is 0 Å². The zero-order chi connectivity index (χ0) is 14.4. The van der Waals surface area contributed by atoms with Crippen LogP contribution in [0.25, 0.3) is 0 Å². The van der Waals surface area contributed by atoms with Crippen molar-refractivity contribution in [2.24, 2.45) is 11.7 Å². The predicted octanol–water partition coefficient (Wildman–Crippen LogP) is -0.0213. The first-order chi connectivity index (χ1) is 8.95. The number of nitrogens with zero attached hydrogens (tertiary/aromatic N) is 2. The molecule has 3 N–H and O–H groups in total. The summed E-state index contributed by atoms with van der Waals surface area (Å²) in [6, 6.07) is -0.421. The van der Waals surface area contributed by atoms with Crippen LogP contribution in [-0.4, -0.2) is 65.5 Å². The molecular weight excluding hydrogens is 246 g/mol. The summed E-state index contributed by atoms with van der Waals surface area (Å²) < 4.78 is 0. The van der Waals surface area contributed by atoms with Gasteiger partial charge in [0.2, 0.25) is 5.91 Å². The molecule has 0 bridgehead atoms. The number of carboxylic acid groups (broad SMARTS) is 1. The van der Waals surface area contributed by atoms with Gasteiger partial charge in [-0.1, -0.05) is 20.3 Å². The van der Waals surface area contributed by atoms with Crippen molar-refractivity contribution in [1.82, 2.24) is 9.80 Å². The van der Waals surface area contributed by atoms with Crippen LogP contribution in [0.15, 0.2) is 0 Å². The van der Waals surface area contributed by atoms with Gasteiger partial charge in [-0.15, -0.1) is 0 Å². The quantitative estimate of drug-likeness (QED) is 0.709. The molecule has 1 aliphatic heterocycles. The monoisotopic (exact) mass is 271 g/mol. The highest BCUT2D eigenvalue weighted by molar-refractivity contribution is 5.82. The maximum atomic E-state index is 12.2. The summed E-state index contributed by atoms with van der Waals surface area (Å²) in [5.74, 6) is -0.568. The molecule has 0 spiro atoms. The van der Waals surface area contributed by atoms with Crippen LogP contribution in [-0.2, 0) is 9.59 Å². The van der Waals surface area contributed by atoms with Crippen molar-refractivity contribution >= 4 is 11.9 Å². The fourth-order valence-corrected chi connectivity index (χ4v) is 2.15. The van der Waals surface area contributed by atoms with Crippen molar-refractivity contribution in [2.45, 2.75) is 32.7 Å². The Morgan fingerprint density at radius 1 is 1.26 bits per heavy atom. The van der Waals surface area contributed by atoms with Crippen LogP contribution < -0.4 is 5.73 Å². The van der Waals surface area contributed by atoms with E-state index in [1.807, 2.05) is 13.8 Å². The SMILES string of the molecule is CC[C@H](C)[C@H](N)C(=O)N1CCN(CCC(=O)O)CC1. The van der Waals surface area contributed by atoms with Gasteiger partial charge in [0.1, 0.15) is 0 Å². The van der Waals surface area contributed by atoms with Gasteiger partial charge in [-0.2, -0.15) is 0 Å². The highest BCUT2D eigenvalue weighted by atomic mass is 16.4. The van der Waals surface area contributed by atoms with Gasteiger partial charge < -0.3 is 15.7 Å². The van der Waals surface area contributed by atoms with E-state index >= 15 is 0 Å². The van der Waals surface area contributed by atoms with E-state index in [9.17, 15) is 9.59 Å². The summed E-state index contributed by atoms with van der Waals surface area (Å²) in [7, 11) is 0. The zero-order valence-corrected chi connectivity index (χ0v) is 11.8. The molecule has 2 atom stereocenters. The number of hydrogen-bond donors (Lipinski definition) is 2. The summed E-state index contributed by atoms with van der Waals surface area (Å²) in [5, 5.41) is 8.64. The summed E-state index contributed by atoms with van der Waals surface area (Å²) >= 11 is 0. The first kappa shape index (κ1) is 15.9. The second-order valence-corrected chi connectivity index (χ2v) is 5.22. The lowest BCUT2D eigenvalue weighted by Gasteiger charge is -2.36. The lowest BCUT2D eigenvalue weighted by atomic mass is 9.98. The Morgan fingerprint density at radius 3 is 2.32 bits per heavy atom. The lowest BCUT2D eigenvalue weighted by molar-refractivity contribution is -0.139. The topological polar surface area (TPSA) is 86.9 Å². The Labute approximate surface area is 114 Å². The molecule has 0 aliphatic carbocycles. The third-order valence-electron chi connectivity index (χ3n) is 3.87. The van der Waals surface area contributed by atoms with Crippen LogP contribution in [0, 0.1) is 5.92 Å². The van der Waals surface area contributed by atoms with Crippen LogP contribution in [0.1, 0.15) is 26.7 Å². The molecule has 1 heterocycles. The lowest BCUT2D eigenvalue weighted by Crippen LogP contribution is -2.54. The number of piperazine rings is 1. The Hall–Kier alpha value is -1.14. The van der Waals surface area contributed by atoms with Gasteiger partial charge >= 0.3 is 5.97 Å². The Bertz CT molecular complexity index is 314. The van der Waals surface area contributed by atoms with E-state index in [1.54, 1.807) is 4.90 Å². The minimum Gasteiger partial charge on any atom is -0.481 e. The molecule has 0 aromatic heterocycles. The van der Waals surface area contributed by atoms with E-state index in [2.05, 4.69) is 4.90 Å². The number of carbonyl (C=O) groups excluding carboxylic acids is 1. The predicted molar refractivity (Wildman–Crippen MR) is 72.7 cm³/mol. The zero-order valence-electron chi connectivity index (χ0n) is 11.8. The molecule has 0 saturated carbocycles. The molecule has 6 nitrogen and oxygen atoms in total. The van der Waals surface area contributed by atoms with E-state index < -0.39 is 12.0 Å². The minimum absolute atomic E-state index is 0.0206. The van der Waals surface area contributed by atoms with Crippen molar-refractivity contribution in [1.29, 1.82) is 0 Å². The van der Waals surface area contributed by atoms with Gasteiger partial charge in [0.15, 0.2) is 0 Å². The highest BCUT2D eigenvalue weighted by Gasteiger charge is 2.27. The Kier molecular flexibility index (Phi) is 6.24. The van der Waals surface area contributed by atoms with Gasteiger partial charge in [0, 0.05) is 32.7 Å². The summed E-state index contributed by atoms with van der Waals surface area (Å²) in [5.41, 5.74) is 5.95. The average Bonchev–Trinajstić information content (AvgIpc) is 2.43. The molecule has 110 valence electrons. The van der Waals surface area contributed by atoms with E-state index in [-0.39, 0.29) is 18.2 Å². The molecule has 1 rings (SSSR count). The smallest absolute Gasteiger partial charge is 0.304 e. The second kappa shape index (κ2) is 7.45. The molecular formula is C13H25N3O3.